The second kappa shape index (κ2) is 11.0. The van der Waals surface area contributed by atoms with E-state index in [9.17, 15) is 4.79 Å². The fourth-order valence-corrected chi connectivity index (χ4v) is 4.58. The van der Waals surface area contributed by atoms with E-state index < -0.39 is 0 Å². The Labute approximate surface area is 188 Å². The van der Waals surface area contributed by atoms with Crippen LogP contribution < -0.4 is 10.1 Å². The first-order valence-corrected chi connectivity index (χ1v) is 11.6. The minimum absolute atomic E-state index is 0.0557. The van der Waals surface area contributed by atoms with Crippen molar-refractivity contribution in [3.63, 3.8) is 0 Å². The van der Waals surface area contributed by atoms with Crippen LogP contribution in [0.15, 0.2) is 83.8 Å². The van der Waals surface area contributed by atoms with Crippen molar-refractivity contribution in [2.75, 3.05) is 12.4 Å². The lowest BCUT2D eigenvalue weighted by Crippen LogP contribution is -2.23. The quantitative estimate of drug-likeness (QED) is 0.455. The maximum absolute atomic E-state index is 12.8. The van der Waals surface area contributed by atoms with Gasteiger partial charge in [0.1, 0.15) is 12.4 Å². The van der Waals surface area contributed by atoms with Crippen LogP contribution in [0, 0.1) is 0 Å². The second-order valence-corrected chi connectivity index (χ2v) is 8.60. The third kappa shape index (κ3) is 6.36. The third-order valence-electron chi connectivity index (χ3n) is 5.21. The number of amides is 1. The molecular weight excluding hydrogens is 406 g/mol. The highest BCUT2D eigenvalue weighted by Gasteiger charge is 2.17. The number of hydrogen-bond donors (Lipinski definition) is 1. The van der Waals surface area contributed by atoms with Gasteiger partial charge in [0, 0.05) is 23.8 Å². The minimum atomic E-state index is -0.0557. The molecule has 1 fully saturated rings. The van der Waals surface area contributed by atoms with E-state index in [2.05, 4.69) is 5.32 Å². The molecule has 3 aromatic carbocycles. The molecule has 4 rings (SSSR count). The molecule has 31 heavy (non-hydrogen) atoms. The van der Waals surface area contributed by atoms with Gasteiger partial charge in [-0.2, -0.15) is 0 Å². The van der Waals surface area contributed by atoms with E-state index in [0.29, 0.717) is 24.8 Å². The zero-order valence-electron chi connectivity index (χ0n) is 17.5. The van der Waals surface area contributed by atoms with E-state index >= 15 is 0 Å². The molecule has 5 heteroatoms. The molecule has 3 aromatic rings. The number of rotatable bonds is 9. The lowest BCUT2D eigenvalue weighted by molar-refractivity contribution is 0.0948. The van der Waals surface area contributed by atoms with E-state index in [1.54, 1.807) is 11.8 Å². The smallest absolute Gasteiger partial charge is 0.252 e. The predicted molar refractivity (Wildman–Crippen MR) is 125 cm³/mol. The molecule has 0 aromatic heterocycles. The molecule has 0 saturated carbocycles. The van der Waals surface area contributed by atoms with E-state index in [0.717, 1.165) is 47.0 Å². The van der Waals surface area contributed by atoms with Gasteiger partial charge < -0.3 is 14.8 Å². The summed E-state index contributed by atoms with van der Waals surface area (Å²) in [5.74, 6) is 1.64. The third-order valence-corrected chi connectivity index (χ3v) is 6.41. The molecule has 160 valence electrons. The van der Waals surface area contributed by atoms with Gasteiger partial charge in [-0.3, -0.25) is 4.79 Å². The van der Waals surface area contributed by atoms with Gasteiger partial charge >= 0.3 is 0 Å². The fraction of sp³-hybridized carbons (Fsp3) is 0.269. The first kappa shape index (κ1) is 21.5. The van der Waals surface area contributed by atoms with E-state index in [1.165, 1.54) is 0 Å². The van der Waals surface area contributed by atoms with Crippen LogP contribution in [0.2, 0.25) is 0 Å². The van der Waals surface area contributed by atoms with Crippen LogP contribution in [0.3, 0.4) is 0 Å². The summed E-state index contributed by atoms with van der Waals surface area (Å²) in [6.45, 7) is 1.86. The van der Waals surface area contributed by atoms with Gasteiger partial charge in [-0.25, -0.2) is 0 Å². The summed E-state index contributed by atoms with van der Waals surface area (Å²) in [5, 5.41) is 3.04. The number of benzene rings is 3. The average Bonchev–Trinajstić information content (AvgIpc) is 3.35. The summed E-state index contributed by atoms with van der Waals surface area (Å²) in [5.41, 5.74) is 2.88. The molecular formula is C26H27NO3S. The van der Waals surface area contributed by atoms with E-state index in [4.69, 9.17) is 9.47 Å². The van der Waals surface area contributed by atoms with Crippen molar-refractivity contribution in [3.8, 4) is 5.75 Å². The molecule has 1 heterocycles. The topological polar surface area (TPSA) is 47.6 Å². The first-order valence-electron chi connectivity index (χ1n) is 10.7. The molecule has 1 amide bonds. The normalized spacial score (nSPS) is 15.5. The van der Waals surface area contributed by atoms with Crippen LogP contribution in [0.5, 0.6) is 5.75 Å². The van der Waals surface area contributed by atoms with Gasteiger partial charge in [-0.05, 0) is 48.2 Å². The zero-order chi connectivity index (χ0) is 21.3. The molecule has 0 aliphatic carbocycles. The summed E-state index contributed by atoms with van der Waals surface area (Å²) in [4.78, 5) is 13.8. The lowest BCUT2D eigenvalue weighted by atomic mass is 10.2. The highest BCUT2D eigenvalue weighted by molar-refractivity contribution is 7.99. The number of hydrogen-bond acceptors (Lipinski definition) is 4. The minimum Gasteiger partial charge on any atom is -0.489 e. The van der Waals surface area contributed by atoms with Gasteiger partial charge in [0.15, 0.2) is 0 Å². The first-order chi connectivity index (χ1) is 15.3. The predicted octanol–water partition coefficient (Wildman–Crippen LogP) is 5.47. The van der Waals surface area contributed by atoms with Gasteiger partial charge in [-0.15, -0.1) is 11.8 Å². The summed E-state index contributed by atoms with van der Waals surface area (Å²) in [6.07, 6.45) is 2.53. The summed E-state index contributed by atoms with van der Waals surface area (Å²) >= 11 is 1.70. The Morgan fingerprint density at radius 3 is 2.52 bits per heavy atom. The monoisotopic (exact) mass is 433 g/mol. The Morgan fingerprint density at radius 2 is 1.74 bits per heavy atom. The maximum atomic E-state index is 12.8. The van der Waals surface area contributed by atoms with Crippen LogP contribution in [0.4, 0.5) is 0 Å². The molecule has 1 aliphatic rings. The van der Waals surface area contributed by atoms with Crippen molar-refractivity contribution in [1.82, 2.24) is 5.32 Å². The van der Waals surface area contributed by atoms with Crippen LogP contribution in [-0.2, 0) is 17.9 Å². The maximum Gasteiger partial charge on any atom is 0.252 e. The van der Waals surface area contributed by atoms with Crippen LogP contribution >= 0.6 is 11.8 Å². The van der Waals surface area contributed by atoms with Crippen molar-refractivity contribution in [2.45, 2.75) is 37.0 Å². The molecule has 0 radical (unpaired) electrons. The zero-order valence-corrected chi connectivity index (χ0v) is 18.3. The second-order valence-electron chi connectivity index (χ2n) is 7.54. The van der Waals surface area contributed by atoms with E-state index in [1.807, 2.05) is 78.9 Å². The van der Waals surface area contributed by atoms with Gasteiger partial charge in [0.05, 0.1) is 11.7 Å². The Bertz CT molecular complexity index is 969. The highest BCUT2D eigenvalue weighted by atomic mass is 32.2. The number of nitrogens with one attached hydrogen (secondary N) is 1. The fourth-order valence-electron chi connectivity index (χ4n) is 3.46. The van der Waals surface area contributed by atoms with Crippen molar-refractivity contribution in [3.05, 3.63) is 95.6 Å². The number of thioether (sulfide) groups is 1. The van der Waals surface area contributed by atoms with Crippen LogP contribution in [0.25, 0.3) is 0 Å². The largest absolute Gasteiger partial charge is 0.489 e. The summed E-state index contributed by atoms with van der Waals surface area (Å²) < 4.78 is 11.5. The molecule has 1 atom stereocenters. The molecule has 1 saturated heterocycles. The summed E-state index contributed by atoms with van der Waals surface area (Å²) in [7, 11) is 0. The number of carbonyl (C=O) groups excluding carboxylic acids is 1. The molecule has 1 N–H and O–H groups in total. The molecule has 0 bridgehead atoms. The van der Waals surface area contributed by atoms with Crippen molar-refractivity contribution in [2.24, 2.45) is 0 Å². The number of ether oxygens (including phenoxy) is 2. The van der Waals surface area contributed by atoms with Crippen molar-refractivity contribution < 1.29 is 14.3 Å². The Morgan fingerprint density at radius 1 is 0.968 bits per heavy atom. The standard InChI is InChI=1S/C26H27NO3S/c28-26(24-10-4-5-11-25(24)31-19-23-9-6-16-29-23)27-17-20-12-14-22(15-13-20)30-18-21-7-2-1-3-8-21/h1-5,7-8,10-15,23H,6,9,16-19H2,(H,27,28). The average molecular weight is 434 g/mol. The van der Waals surface area contributed by atoms with Crippen LogP contribution in [0.1, 0.15) is 34.3 Å². The van der Waals surface area contributed by atoms with Gasteiger partial charge in [0.2, 0.25) is 0 Å². The Balaban J connectivity index is 1.28. The van der Waals surface area contributed by atoms with Gasteiger partial charge in [-0.1, -0.05) is 54.6 Å². The highest BCUT2D eigenvalue weighted by Crippen LogP contribution is 2.27. The van der Waals surface area contributed by atoms with Crippen molar-refractivity contribution >= 4 is 17.7 Å². The SMILES string of the molecule is O=C(NCc1ccc(OCc2ccccc2)cc1)c1ccccc1SCC1CCCO1. The molecule has 4 nitrogen and oxygen atoms in total. The molecule has 1 aliphatic heterocycles. The van der Waals surface area contributed by atoms with Crippen LogP contribution in [-0.4, -0.2) is 24.4 Å². The van der Waals surface area contributed by atoms with E-state index in [-0.39, 0.29) is 5.91 Å². The molecule has 0 spiro atoms. The Hall–Kier alpha value is -2.76. The Kier molecular flexibility index (Phi) is 7.64. The van der Waals surface area contributed by atoms with Crippen molar-refractivity contribution in [1.29, 1.82) is 0 Å². The van der Waals surface area contributed by atoms with Gasteiger partial charge in [0.25, 0.3) is 5.91 Å². The number of carbonyl (C=O) groups is 1. The lowest BCUT2D eigenvalue weighted by Gasteiger charge is -2.13. The molecule has 1 unspecified atom stereocenters. The summed E-state index contributed by atoms with van der Waals surface area (Å²) in [6, 6.07) is 25.7.